The Labute approximate surface area is 58.1 Å². The van der Waals surface area contributed by atoms with Crippen molar-refractivity contribution in [3.05, 3.63) is 23.8 Å². The first kappa shape index (κ1) is 6.66. The van der Waals surface area contributed by atoms with Gasteiger partial charge in [0, 0.05) is 0 Å². The largest absolute Gasteiger partial charge is 0.0868 e. The van der Waals surface area contributed by atoms with Crippen LogP contribution < -0.4 is 0 Å². The number of rotatable bonds is 0. The van der Waals surface area contributed by atoms with Crippen molar-refractivity contribution < 1.29 is 0 Å². The predicted molar refractivity (Wildman–Crippen MR) is 41.6 cm³/mol. The summed E-state index contributed by atoms with van der Waals surface area (Å²) >= 11 is 0. The van der Waals surface area contributed by atoms with Gasteiger partial charge in [-0.25, -0.2) is 0 Å². The highest BCUT2D eigenvalue weighted by Gasteiger charge is 2.13. The van der Waals surface area contributed by atoms with Gasteiger partial charge in [0.25, 0.3) is 0 Å². The fourth-order valence-electron chi connectivity index (χ4n) is 0.839. The summed E-state index contributed by atoms with van der Waals surface area (Å²) in [6, 6.07) is 0. The zero-order chi connectivity index (χ0) is 6.91. The van der Waals surface area contributed by atoms with Gasteiger partial charge in [-0.2, -0.15) is 0 Å². The van der Waals surface area contributed by atoms with Crippen molar-refractivity contribution in [1.29, 1.82) is 0 Å². The second-order valence-electron chi connectivity index (χ2n) is 2.99. The van der Waals surface area contributed by atoms with E-state index in [1.54, 1.807) is 0 Å². The molecule has 0 saturated carbocycles. The van der Waals surface area contributed by atoms with Gasteiger partial charge >= 0.3 is 0 Å². The molecule has 1 rings (SSSR count). The Bertz CT molecular complexity index is 163. The highest BCUT2D eigenvalue weighted by atomic mass is 14.1. The summed E-state index contributed by atoms with van der Waals surface area (Å²) in [4.78, 5) is 0. The van der Waals surface area contributed by atoms with E-state index in [4.69, 9.17) is 7.85 Å². The summed E-state index contributed by atoms with van der Waals surface area (Å²) in [5, 5.41) is -0.0977. The lowest BCUT2D eigenvalue weighted by Gasteiger charge is -2.21. The Hall–Kier alpha value is -0.455. The van der Waals surface area contributed by atoms with E-state index >= 15 is 0 Å². The topological polar surface area (TPSA) is 0 Å². The van der Waals surface area contributed by atoms with Crippen molar-refractivity contribution in [3.8, 4) is 0 Å². The van der Waals surface area contributed by atoms with Crippen molar-refractivity contribution in [2.45, 2.75) is 25.6 Å². The Morgan fingerprint density at radius 1 is 1.67 bits per heavy atom. The molecule has 2 radical (unpaired) electrons. The minimum atomic E-state index is -0.0977. The lowest BCUT2D eigenvalue weighted by Crippen LogP contribution is -2.05. The fraction of sp³-hybridized carbons (Fsp3) is 0.500. The van der Waals surface area contributed by atoms with Gasteiger partial charge in [-0.1, -0.05) is 30.7 Å². The molecule has 1 unspecified atom stereocenters. The molecule has 0 fully saturated rings. The van der Waals surface area contributed by atoms with Gasteiger partial charge in [-0.3, -0.25) is 0 Å². The molecule has 0 aliphatic heterocycles. The van der Waals surface area contributed by atoms with Crippen LogP contribution in [0.2, 0.25) is 5.31 Å². The lowest BCUT2D eigenvalue weighted by atomic mass is 9.66. The van der Waals surface area contributed by atoms with Crippen molar-refractivity contribution in [1.82, 2.24) is 0 Å². The number of hydrogen-bond acceptors (Lipinski definition) is 0. The van der Waals surface area contributed by atoms with Crippen LogP contribution in [0.1, 0.15) is 20.3 Å². The molecular formula is C8H11B. The lowest BCUT2D eigenvalue weighted by molar-refractivity contribution is 0.758. The van der Waals surface area contributed by atoms with Crippen LogP contribution in [0.4, 0.5) is 0 Å². The molecule has 0 N–H and O–H groups in total. The first-order valence-corrected chi connectivity index (χ1v) is 3.25. The molecule has 0 heterocycles. The van der Waals surface area contributed by atoms with Gasteiger partial charge < -0.3 is 0 Å². The van der Waals surface area contributed by atoms with E-state index < -0.39 is 0 Å². The Morgan fingerprint density at radius 3 is 2.67 bits per heavy atom. The summed E-state index contributed by atoms with van der Waals surface area (Å²) in [7, 11) is 5.81. The molecule has 0 saturated heterocycles. The molecule has 1 heteroatoms. The van der Waals surface area contributed by atoms with Gasteiger partial charge in [0.15, 0.2) is 0 Å². The second-order valence-corrected chi connectivity index (χ2v) is 2.99. The van der Waals surface area contributed by atoms with Crippen molar-refractivity contribution in [2.24, 2.45) is 0 Å². The Kier molecular flexibility index (Phi) is 1.52. The molecule has 0 aromatic rings. The molecule has 0 amide bonds. The van der Waals surface area contributed by atoms with Crippen molar-refractivity contribution >= 4 is 7.85 Å². The number of hydrogen-bond donors (Lipinski definition) is 0. The molecule has 0 aromatic carbocycles. The minimum absolute atomic E-state index is 0.0977. The predicted octanol–water partition coefficient (Wildman–Crippen LogP) is 2.24. The van der Waals surface area contributed by atoms with Crippen LogP contribution in [0, 0.1) is 0 Å². The van der Waals surface area contributed by atoms with Crippen LogP contribution in [0.25, 0.3) is 0 Å². The zero-order valence-corrected chi connectivity index (χ0v) is 6.02. The maximum absolute atomic E-state index is 5.81. The first-order chi connectivity index (χ1) is 4.10. The smallest absolute Gasteiger partial charge is 0.0802 e. The van der Waals surface area contributed by atoms with Crippen molar-refractivity contribution in [3.63, 3.8) is 0 Å². The summed E-state index contributed by atoms with van der Waals surface area (Å²) in [6.07, 6.45) is 7.27. The van der Waals surface area contributed by atoms with Crippen LogP contribution in [0.3, 0.4) is 0 Å². The molecule has 0 aromatic heterocycles. The van der Waals surface area contributed by atoms with E-state index in [0.29, 0.717) is 0 Å². The monoisotopic (exact) mass is 118 g/mol. The van der Waals surface area contributed by atoms with Crippen LogP contribution in [0.5, 0.6) is 0 Å². The highest BCUT2D eigenvalue weighted by molar-refractivity contribution is 6.16. The maximum atomic E-state index is 5.81. The average Bonchev–Trinajstić information content (AvgIpc) is 1.78. The van der Waals surface area contributed by atoms with Gasteiger partial charge in [0.05, 0.1) is 7.85 Å². The summed E-state index contributed by atoms with van der Waals surface area (Å²) in [5.74, 6) is 0. The van der Waals surface area contributed by atoms with Crippen LogP contribution in [-0.4, -0.2) is 7.85 Å². The molecule has 1 atom stereocenters. The third-order valence-electron chi connectivity index (χ3n) is 1.59. The van der Waals surface area contributed by atoms with E-state index in [1.165, 1.54) is 5.57 Å². The Morgan fingerprint density at radius 2 is 2.33 bits per heavy atom. The number of allylic oxidation sites excluding steroid dienone is 4. The zero-order valence-electron chi connectivity index (χ0n) is 6.02. The van der Waals surface area contributed by atoms with Crippen molar-refractivity contribution in [2.75, 3.05) is 0 Å². The molecule has 9 heavy (non-hydrogen) atoms. The average molecular weight is 118 g/mol. The molecule has 0 bridgehead atoms. The standard InChI is InChI=1S/C8H11B/c1-7-3-5-8(2,9)6-4-7/h3-5H,6H2,1-2H3. The van der Waals surface area contributed by atoms with Crippen LogP contribution >= 0.6 is 0 Å². The second kappa shape index (κ2) is 2.05. The minimum Gasteiger partial charge on any atom is -0.0868 e. The van der Waals surface area contributed by atoms with Gasteiger partial charge in [0.1, 0.15) is 0 Å². The van der Waals surface area contributed by atoms with E-state index in [-0.39, 0.29) is 5.31 Å². The Balaban J connectivity index is 2.70. The van der Waals surface area contributed by atoms with Crippen LogP contribution in [0.15, 0.2) is 23.8 Å². The molecule has 0 nitrogen and oxygen atoms in total. The van der Waals surface area contributed by atoms with Gasteiger partial charge in [0.2, 0.25) is 0 Å². The SMILES string of the molecule is [B]C1(C)C=CC(C)=CC1. The molecule has 0 spiro atoms. The molecular weight excluding hydrogens is 107 g/mol. The molecule has 46 valence electrons. The van der Waals surface area contributed by atoms with Gasteiger partial charge in [-0.05, 0) is 18.7 Å². The summed E-state index contributed by atoms with van der Waals surface area (Å²) in [5.41, 5.74) is 1.32. The molecule has 1 aliphatic carbocycles. The summed E-state index contributed by atoms with van der Waals surface area (Å²) in [6.45, 7) is 4.12. The maximum Gasteiger partial charge on any atom is 0.0802 e. The third kappa shape index (κ3) is 1.74. The van der Waals surface area contributed by atoms with E-state index in [9.17, 15) is 0 Å². The van der Waals surface area contributed by atoms with E-state index in [2.05, 4.69) is 25.2 Å². The normalized spacial score (nSPS) is 34.2. The van der Waals surface area contributed by atoms with Gasteiger partial charge in [-0.15, -0.1) is 0 Å². The van der Waals surface area contributed by atoms with E-state index in [0.717, 1.165) is 6.42 Å². The summed E-state index contributed by atoms with van der Waals surface area (Å²) < 4.78 is 0. The fourth-order valence-corrected chi connectivity index (χ4v) is 0.839. The quantitative estimate of drug-likeness (QED) is 0.428. The van der Waals surface area contributed by atoms with Crippen LogP contribution in [-0.2, 0) is 0 Å². The van der Waals surface area contributed by atoms with E-state index in [1.807, 2.05) is 6.92 Å². The third-order valence-corrected chi connectivity index (χ3v) is 1.59. The highest BCUT2D eigenvalue weighted by Crippen LogP contribution is 2.31. The molecule has 1 aliphatic rings. The first-order valence-electron chi connectivity index (χ1n) is 3.25.